The highest BCUT2D eigenvalue weighted by Gasteiger charge is 2.07. The first kappa shape index (κ1) is 16.0. The average molecular weight is 320 g/mol. The van der Waals surface area contributed by atoms with Crippen LogP contribution in [0.5, 0.6) is 0 Å². The maximum atomic E-state index is 11.8. The number of nitrogens with one attached hydrogen (secondary N) is 3. The van der Waals surface area contributed by atoms with E-state index in [1.165, 1.54) is 6.33 Å². The van der Waals surface area contributed by atoms with Crippen LogP contribution in [0.3, 0.4) is 0 Å². The van der Waals surface area contributed by atoms with E-state index in [0.29, 0.717) is 35.3 Å². The molecule has 0 bridgehead atoms. The van der Waals surface area contributed by atoms with Gasteiger partial charge in [0.15, 0.2) is 11.0 Å². The Hall–Kier alpha value is -2.34. The van der Waals surface area contributed by atoms with Crippen molar-refractivity contribution in [2.75, 3.05) is 30.8 Å². The van der Waals surface area contributed by atoms with Crippen molar-refractivity contribution in [1.82, 2.24) is 15.3 Å². The minimum absolute atomic E-state index is 0.0680. The minimum Gasteiger partial charge on any atom is -0.383 e. The van der Waals surface area contributed by atoms with Gasteiger partial charge in [-0.05, 0) is 18.6 Å². The molecule has 0 atom stereocenters. The van der Waals surface area contributed by atoms with E-state index in [2.05, 4.69) is 25.9 Å². The van der Waals surface area contributed by atoms with Crippen molar-refractivity contribution >= 4 is 29.0 Å². The Labute approximate surface area is 134 Å². The summed E-state index contributed by atoms with van der Waals surface area (Å²) in [6.07, 6.45) is 2.17. The first-order valence-electron chi connectivity index (χ1n) is 6.97. The number of nitrogens with zero attached hydrogens (tertiary/aromatic N) is 2. The summed E-state index contributed by atoms with van der Waals surface area (Å²) in [4.78, 5) is 19.9. The van der Waals surface area contributed by atoms with Crippen molar-refractivity contribution in [3.05, 3.63) is 47.4 Å². The first-order chi connectivity index (χ1) is 10.7. The molecular formula is C15H18ClN5O. The first-order valence-corrected chi connectivity index (χ1v) is 7.35. The third kappa shape index (κ3) is 4.33. The highest BCUT2D eigenvalue weighted by atomic mass is 35.5. The molecule has 0 fully saturated rings. The van der Waals surface area contributed by atoms with Crippen molar-refractivity contribution in [2.24, 2.45) is 0 Å². The van der Waals surface area contributed by atoms with Gasteiger partial charge in [-0.25, -0.2) is 9.97 Å². The van der Waals surface area contributed by atoms with Gasteiger partial charge in [0.2, 0.25) is 0 Å². The zero-order chi connectivity index (χ0) is 15.8. The van der Waals surface area contributed by atoms with E-state index in [9.17, 15) is 4.79 Å². The number of anilines is 2. The molecule has 0 radical (unpaired) electrons. The summed E-state index contributed by atoms with van der Waals surface area (Å²) < 4.78 is 0. The molecule has 1 amide bonds. The molecule has 0 saturated heterocycles. The van der Waals surface area contributed by atoms with Gasteiger partial charge in [0.1, 0.15) is 12.0 Å². The van der Waals surface area contributed by atoms with E-state index in [1.54, 1.807) is 19.2 Å². The summed E-state index contributed by atoms with van der Waals surface area (Å²) in [6.45, 7) is 1.24. The molecule has 0 aliphatic rings. The quantitative estimate of drug-likeness (QED) is 0.539. The second kappa shape index (κ2) is 8.19. The maximum absolute atomic E-state index is 11.8. The van der Waals surface area contributed by atoms with Crippen LogP contribution in [0, 0.1) is 0 Å². The van der Waals surface area contributed by atoms with E-state index in [0.717, 1.165) is 6.42 Å². The topological polar surface area (TPSA) is 78.9 Å². The van der Waals surface area contributed by atoms with Crippen LogP contribution in [-0.4, -0.2) is 36.0 Å². The molecule has 7 heteroatoms. The predicted octanol–water partition coefficient (Wildman–Crippen LogP) is 2.40. The Morgan fingerprint density at radius 1 is 1.18 bits per heavy atom. The lowest BCUT2D eigenvalue weighted by molar-refractivity contribution is 0.0953. The monoisotopic (exact) mass is 319 g/mol. The van der Waals surface area contributed by atoms with Crippen molar-refractivity contribution in [1.29, 1.82) is 0 Å². The lowest BCUT2D eigenvalue weighted by Gasteiger charge is -2.11. The number of carbonyl (C=O) groups excluding carboxylic acids is 1. The van der Waals surface area contributed by atoms with E-state index < -0.39 is 0 Å². The Morgan fingerprint density at radius 3 is 2.68 bits per heavy atom. The molecule has 0 aliphatic carbocycles. The Balaban J connectivity index is 1.74. The highest BCUT2D eigenvalue weighted by molar-refractivity contribution is 6.32. The normalized spacial score (nSPS) is 10.1. The fourth-order valence-electron chi connectivity index (χ4n) is 1.91. The number of benzene rings is 1. The predicted molar refractivity (Wildman–Crippen MR) is 88.5 cm³/mol. The lowest BCUT2D eigenvalue weighted by Crippen LogP contribution is -2.25. The number of amides is 1. The van der Waals surface area contributed by atoms with Crippen molar-refractivity contribution in [3.8, 4) is 0 Å². The number of hydrogen-bond donors (Lipinski definition) is 3. The van der Waals surface area contributed by atoms with Gasteiger partial charge in [-0.2, -0.15) is 0 Å². The molecule has 2 rings (SSSR count). The zero-order valence-electron chi connectivity index (χ0n) is 12.3. The Morgan fingerprint density at radius 2 is 1.95 bits per heavy atom. The smallest absolute Gasteiger partial charge is 0.251 e. The van der Waals surface area contributed by atoms with Crippen LogP contribution in [0.4, 0.5) is 11.5 Å². The van der Waals surface area contributed by atoms with Gasteiger partial charge in [0.05, 0.1) is 0 Å². The Kier molecular flexibility index (Phi) is 5.97. The fourth-order valence-corrected chi connectivity index (χ4v) is 2.14. The fraction of sp³-hybridized carbons (Fsp3) is 0.267. The summed E-state index contributed by atoms with van der Waals surface area (Å²) in [5.74, 6) is 0.582. The molecule has 1 aromatic carbocycles. The molecule has 1 aromatic heterocycles. The second-order valence-electron chi connectivity index (χ2n) is 4.54. The highest BCUT2D eigenvalue weighted by Crippen LogP contribution is 2.24. The standard InChI is InChI=1S/C15H18ClN5O/c1-17-12-13(16)20-10-21-14(12)18-8-5-9-19-15(22)11-6-3-2-4-7-11/h2-4,6-7,10,17H,5,8-9H2,1H3,(H,19,22)(H,18,20,21). The van der Waals surface area contributed by atoms with E-state index in [1.807, 2.05) is 18.2 Å². The molecule has 1 heterocycles. The summed E-state index contributed by atoms with van der Waals surface area (Å²) in [7, 11) is 1.76. The SMILES string of the molecule is CNc1c(Cl)ncnc1NCCCNC(=O)c1ccccc1. The van der Waals surface area contributed by atoms with Gasteiger partial charge >= 0.3 is 0 Å². The molecule has 6 nitrogen and oxygen atoms in total. The van der Waals surface area contributed by atoms with Crippen LogP contribution >= 0.6 is 11.6 Å². The second-order valence-corrected chi connectivity index (χ2v) is 4.90. The molecule has 0 spiro atoms. The number of rotatable bonds is 7. The zero-order valence-corrected chi connectivity index (χ0v) is 13.0. The van der Waals surface area contributed by atoms with Crippen LogP contribution in [0.1, 0.15) is 16.8 Å². The van der Waals surface area contributed by atoms with Gasteiger partial charge in [0.25, 0.3) is 5.91 Å². The number of carbonyl (C=O) groups is 1. The van der Waals surface area contributed by atoms with E-state index >= 15 is 0 Å². The lowest BCUT2D eigenvalue weighted by atomic mass is 10.2. The third-order valence-corrected chi connectivity index (χ3v) is 3.31. The van der Waals surface area contributed by atoms with Gasteiger partial charge in [-0.15, -0.1) is 0 Å². The van der Waals surface area contributed by atoms with Crippen LogP contribution in [0.2, 0.25) is 5.15 Å². The molecule has 22 heavy (non-hydrogen) atoms. The van der Waals surface area contributed by atoms with Crippen molar-refractivity contribution < 1.29 is 4.79 Å². The maximum Gasteiger partial charge on any atom is 0.251 e. The average Bonchev–Trinajstić information content (AvgIpc) is 2.55. The summed E-state index contributed by atoms with van der Waals surface area (Å²) in [6, 6.07) is 9.14. The summed E-state index contributed by atoms with van der Waals surface area (Å²) in [5, 5.41) is 9.37. The third-order valence-electron chi connectivity index (χ3n) is 3.02. The number of hydrogen-bond acceptors (Lipinski definition) is 5. The summed E-state index contributed by atoms with van der Waals surface area (Å²) >= 11 is 5.97. The molecule has 0 unspecified atom stereocenters. The van der Waals surface area contributed by atoms with Gasteiger partial charge in [0, 0.05) is 25.7 Å². The van der Waals surface area contributed by atoms with Gasteiger partial charge in [-0.3, -0.25) is 4.79 Å². The van der Waals surface area contributed by atoms with Crippen LogP contribution in [0.15, 0.2) is 36.7 Å². The summed E-state index contributed by atoms with van der Waals surface area (Å²) in [5.41, 5.74) is 1.33. The van der Waals surface area contributed by atoms with Crippen molar-refractivity contribution in [2.45, 2.75) is 6.42 Å². The van der Waals surface area contributed by atoms with Crippen LogP contribution in [-0.2, 0) is 0 Å². The van der Waals surface area contributed by atoms with Gasteiger partial charge < -0.3 is 16.0 Å². The van der Waals surface area contributed by atoms with Gasteiger partial charge in [-0.1, -0.05) is 29.8 Å². The molecule has 116 valence electrons. The molecule has 0 aliphatic heterocycles. The number of aromatic nitrogens is 2. The molecular weight excluding hydrogens is 302 g/mol. The molecule has 3 N–H and O–H groups in total. The number of halogens is 1. The van der Waals surface area contributed by atoms with E-state index in [4.69, 9.17) is 11.6 Å². The van der Waals surface area contributed by atoms with E-state index in [-0.39, 0.29) is 5.91 Å². The van der Waals surface area contributed by atoms with Crippen LogP contribution in [0.25, 0.3) is 0 Å². The van der Waals surface area contributed by atoms with Crippen LogP contribution < -0.4 is 16.0 Å². The Bertz CT molecular complexity index is 621. The molecule has 2 aromatic rings. The minimum atomic E-state index is -0.0680. The molecule has 0 saturated carbocycles. The van der Waals surface area contributed by atoms with Crippen molar-refractivity contribution in [3.63, 3.8) is 0 Å². The largest absolute Gasteiger partial charge is 0.383 e.